The van der Waals surface area contributed by atoms with Crippen molar-refractivity contribution in [1.82, 2.24) is 20.2 Å². The molecule has 1 aromatic carbocycles. The van der Waals surface area contributed by atoms with Gasteiger partial charge in [0.05, 0.1) is 5.69 Å². The Morgan fingerprint density at radius 1 is 1.21 bits per heavy atom. The smallest absolute Gasteiger partial charge is 0.159 e. The number of rotatable bonds is 2. The van der Waals surface area contributed by atoms with Crippen LogP contribution in [0, 0.1) is 6.92 Å². The largest absolute Gasteiger partial charge is 0.196 e. The van der Waals surface area contributed by atoms with E-state index in [1.54, 1.807) is 0 Å². The maximum atomic E-state index is 4.26. The SMILES string of the molecule is Cc1ccc(-n2nnnc2C2CCCCC2)c(Br)c1. The van der Waals surface area contributed by atoms with Gasteiger partial charge in [0.25, 0.3) is 0 Å². The van der Waals surface area contributed by atoms with Gasteiger partial charge in [-0.25, -0.2) is 0 Å². The minimum atomic E-state index is 0.497. The summed E-state index contributed by atoms with van der Waals surface area (Å²) in [5.74, 6) is 1.50. The van der Waals surface area contributed by atoms with Crippen LogP contribution in [0.4, 0.5) is 0 Å². The van der Waals surface area contributed by atoms with Crippen LogP contribution < -0.4 is 0 Å². The molecule has 0 bridgehead atoms. The van der Waals surface area contributed by atoms with E-state index in [2.05, 4.69) is 56.6 Å². The molecule has 0 saturated heterocycles. The summed E-state index contributed by atoms with van der Waals surface area (Å²) in [5, 5.41) is 12.3. The molecule has 1 saturated carbocycles. The number of aromatic nitrogens is 4. The topological polar surface area (TPSA) is 43.6 Å². The second-order valence-corrected chi connectivity index (χ2v) is 6.09. The fourth-order valence-corrected chi connectivity index (χ4v) is 3.43. The first-order valence-corrected chi connectivity index (χ1v) is 7.60. The zero-order valence-electron chi connectivity index (χ0n) is 11.0. The van der Waals surface area contributed by atoms with Gasteiger partial charge in [-0.15, -0.1) is 5.10 Å². The third kappa shape index (κ3) is 2.56. The molecule has 1 aliphatic carbocycles. The van der Waals surface area contributed by atoms with Crippen LogP contribution in [-0.4, -0.2) is 20.2 Å². The van der Waals surface area contributed by atoms with Crippen molar-refractivity contribution in [3.05, 3.63) is 34.1 Å². The highest BCUT2D eigenvalue weighted by atomic mass is 79.9. The van der Waals surface area contributed by atoms with Crippen molar-refractivity contribution in [2.75, 3.05) is 0 Å². The zero-order chi connectivity index (χ0) is 13.2. The molecular weight excluding hydrogens is 304 g/mol. The summed E-state index contributed by atoms with van der Waals surface area (Å²) in [6.07, 6.45) is 6.30. The summed E-state index contributed by atoms with van der Waals surface area (Å²) >= 11 is 3.61. The molecule has 3 rings (SSSR count). The first kappa shape index (κ1) is 12.8. The molecule has 100 valence electrons. The molecule has 1 heterocycles. The molecular formula is C14H17BrN4. The quantitative estimate of drug-likeness (QED) is 0.845. The van der Waals surface area contributed by atoms with Crippen LogP contribution in [0.1, 0.15) is 49.4 Å². The van der Waals surface area contributed by atoms with Gasteiger partial charge in [0.2, 0.25) is 0 Å². The molecule has 0 spiro atoms. The lowest BCUT2D eigenvalue weighted by molar-refractivity contribution is 0.422. The summed E-state index contributed by atoms with van der Waals surface area (Å²) in [4.78, 5) is 0. The average Bonchev–Trinajstić information content (AvgIpc) is 2.89. The van der Waals surface area contributed by atoms with Crippen molar-refractivity contribution in [2.24, 2.45) is 0 Å². The lowest BCUT2D eigenvalue weighted by atomic mass is 9.88. The fourth-order valence-electron chi connectivity index (χ4n) is 2.76. The summed E-state index contributed by atoms with van der Waals surface area (Å²) in [5.41, 5.74) is 2.25. The Kier molecular flexibility index (Phi) is 3.64. The number of tetrazole rings is 1. The van der Waals surface area contributed by atoms with E-state index in [0.717, 1.165) is 16.0 Å². The molecule has 0 amide bonds. The maximum absolute atomic E-state index is 4.26. The minimum Gasteiger partial charge on any atom is -0.196 e. The van der Waals surface area contributed by atoms with Gasteiger partial charge < -0.3 is 0 Å². The van der Waals surface area contributed by atoms with Crippen LogP contribution >= 0.6 is 15.9 Å². The van der Waals surface area contributed by atoms with E-state index in [1.807, 2.05) is 4.68 Å². The molecule has 4 nitrogen and oxygen atoms in total. The third-order valence-corrected chi connectivity index (χ3v) is 4.43. The van der Waals surface area contributed by atoms with Gasteiger partial charge in [-0.05, 0) is 63.8 Å². The predicted molar refractivity (Wildman–Crippen MR) is 77.4 cm³/mol. The summed E-state index contributed by atoms with van der Waals surface area (Å²) in [7, 11) is 0. The first-order valence-electron chi connectivity index (χ1n) is 6.80. The molecule has 0 unspecified atom stereocenters. The van der Waals surface area contributed by atoms with E-state index < -0.39 is 0 Å². The summed E-state index contributed by atoms with van der Waals surface area (Å²) in [6.45, 7) is 2.08. The molecule has 5 heteroatoms. The van der Waals surface area contributed by atoms with Crippen LogP contribution in [0.5, 0.6) is 0 Å². The minimum absolute atomic E-state index is 0.497. The van der Waals surface area contributed by atoms with Crippen LogP contribution in [0.3, 0.4) is 0 Å². The second kappa shape index (κ2) is 5.41. The molecule has 0 N–H and O–H groups in total. The number of aryl methyl sites for hydroxylation is 1. The molecule has 0 atom stereocenters. The molecule has 0 aliphatic heterocycles. The number of hydrogen-bond donors (Lipinski definition) is 0. The van der Waals surface area contributed by atoms with Crippen molar-refractivity contribution < 1.29 is 0 Å². The maximum Gasteiger partial charge on any atom is 0.159 e. The Morgan fingerprint density at radius 3 is 2.74 bits per heavy atom. The highest BCUT2D eigenvalue weighted by Gasteiger charge is 2.22. The van der Waals surface area contributed by atoms with Crippen LogP contribution in [0.2, 0.25) is 0 Å². The molecule has 0 radical (unpaired) electrons. The van der Waals surface area contributed by atoms with E-state index in [0.29, 0.717) is 5.92 Å². The predicted octanol–water partition coefficient (Wildman–Crippen LogP) is 3.78. The Labute approximate surface area is 121 Å². The van der Waals surface area contributed by atoms with E-state index in [4.69, 9.17) is 0 Å². The lowest BCUT2D eigenvalue weighted by Crippen LogP contribution is -2.12. The van der Waals surface area contributed by atoms with Crippen molar-refractivity contribution in [1.29, 1.82) is 0 Å². The third-order valence-electron chi connectivity index (χ3n) is 3.80. The normalized spacial score (nSPS) is 16.7. The lowest BCUT2D eigenvalue weighted by Gasteiger charge is -2.20. The molecule has 1 fully saturated rings. The fraction of sp³-hybridized carbons (Fsp3) is 0.500. The van der Waals surface area contributed by atoms with Gasteiger partial charge in [0, 0.05) is 10.4 Å². The van der Waals surface area contributed by atoms with Gasteiger partial charge in [-0.1, -0.05) is 25.3 Å². The molecule has 1 aliphatic rings. The number of nitrogens with zero attached hydrogens (tertiary/aromatic N) is 4. The summed E-state index contributed by atoms with van der Waals surface area (Å²) < 4.78 is 2.93. The van der Waals surface area contributed by atoms with Crippen molar-refractivity contribution in [3.63, 3.8) is 0 Å². The Hall–Kier alpha value is -1.23. The van der Waals surface area contributed by atoms with Gasteiger partial charge in [-0.3, -0.25) is 0 Å². The van der Waals surface area contributed by atoms with E-state index in [9.17, 15) is 0 Å². The average molecular weight is 321 g/mol. The Balaban J connectivity index is 1.99. The van der Waals surface area contributed by atoms with Crippen molar-refractivity contribution in [3.8, 4) is 5.69 Å². The van der Waals surface area contributed by atoms with Crippen molar-refractivity contribution in [2.45, 2.75) is 44.9 Å². The molecule has 19 heavy (non-hydrogen) atoms. The van der Waals surface area contributed by atoms with E-state index >= 15 is 0 Å². The van der Waals surface area contributed by atoms with Crippen LogP contribution in [0.25, 0.3) is 5.69 Å². The Bertz CT molecular complexity index is 573. The van der Waals surface area contributed by atoms with Gasteiger partial charge in [0.1, 0.15) is 0 Å². The second-order valence-electron chi connectivity index (χ2n) is 5.24. The van der Waals surface area contributed by atoms with E-state index in [-0.39, 0.29) is 0 Å². The van der Waals surface area contributed by atoms with Gasteiger partial charge in [-0.2, -0.15) is 4.68 Å². The summed E-state index contributed by atoms with van der Waals surface area (Å²) in [6, 6.07) is 6.26. The molecule has 2 aromatic rings. The van der Waals surface area contributed by atoms with Gasteiger partial charge >= 0.3 is 0 Å². The molecule has 1 aromatic heterocycles. The highest BCUT2D eigenvalue weighted by Crippen LogP contribution is 2.33. The van der Waals surface area contributed by atoms with E-state index in [1.165, 1.54) is 37.7 Å². The van der Waals surface area contributed by atoms with Crippen LogP contribution in [-0.2, 0) is 0 Å². The zero-order valence-corrected chi connectivity index (χ0v) is 12.6. The first-order chi connectivity index (χ1) is 9.25. The van der Waals surface area contributed by atoms with Crippen LogP contribution in [0.15, 0.2) is 22.7 Å². The number of halogens is 1. The van der Waals surface area contributed by atoms with Crippen molar-refractivity contribution >= 4 is 15.9 Å². The number of hydrogen-bond acceptors (Lipinski definition) is 3. The number of benzene rings is 1. The Morgan fingerprint density at radius 2 is 2.00 bits per heavy atom. The highest BCUT2D eigenvalue weighted by molar-refractivity contribution is 9.10. The monoisotopic (exact) mass is 320 g/mol. The van der Waals surface area contributed by atoms with Gasteiger partial charge in [0.15, 0.2) is 5.82 Å². The standard InChI is InChI=1S/C14H17BrN4/c1-10-7-8-13(12(15)9-10)19-14(16-17-18-19)11-5-3-2-4-6-11/h7-9,11H,2-6H2,1H3.